The molecule has 3 rings (SSSR count). The lowest BCUT2D eigenvalue weighted by molar-refractivity contribution is -0.131. The Bertz CT molecular complexity index is 691. The highest BCUT2D eigenvalue weighted by Gasteiger charge is 2.32. The lowest BCUT2D eigenvalue weighted by atomic mass is 9.98. The van der Waals surface area contributed by atoms with Crippen LogP contribution in [0.5, 0.6) is 0 Å². The molecule has 0 bridgehead atoms. The minimum absolute atomic E-state index is 0.0622. The van der Waals surface area contributed by atoms with Crippen molar-refractivity contribution in [3.63, 3.8) is 0 Å². The Hall–Kier alpha value is -2.30. The zero-order valence-electron chi connectivity index (χ0n) is 15.2. The number of aryl methyl sites for hydroxylation is 1. The number of nitrogens with one attached hydrogen (secondary N) is 1. The largest absolute Gasteiger partial charge is 0.482 e. The molecule has 2 heterocycles. The van der Waals surface area contributed by atoms with E-state index in [-0.39, 0.29) is 17.4 Å². The molecule has 134 valence electrons. The van der Waals surface area contributed by atoms with Gasteiger partial charge in [-0.25, -0.2) is 0 Å². The van der Waals surface area contributed by atoms with Crippen LogP contribution < -0.4 is 10.2 Å². The smallest absolute Gasteiger partial charge is 0.286 e. The van der Waals surface area contributed by atoms with Crippen LogP contribution in [0.1, 0.15) is 32.3 Å². The Morgan fingerprint density at radius 2 is 2.04 bits per heavy atom. The number of carbonyl (C=O) groups excluding carboxylic acids is 2. The molecule has 1 amide bonds. The van der Waals surface area contributed by atoms with Gasteiger partial charge in [-0.15, -0.1) is 0 Å². The lowest BCUT2D eigenvalue weighted by Gasteiger charge is -2.29. The highest BCUT2D eigenvalue weighted by atomic mass is 16.5. The first-order valence-corrected chi connectivity index (χ1v) is 8.86. The molecule has 0 aromatic heterocycles. The summed E-state index contributed by atoms with van der Waals surface area (Å²) in [4.78, 5) is 26.4. The summed E-state index contributed by atoms with van der Waals surface area (Å²) in [5.41, 5.74) is 1.86. The highest BCUT2D eigenvalue weighted by molar-refractivity contribution is 6.01. The number of amides is 1. The summed E-state index contributed by atoms with van der Waals surface area (Å²) >= 11 is 0. The van der Waals surface area contributed by atoms with E-state index in [1.165, 1.54) is 17.3 Å². The topological polar surface area (TPSA) is 58.6 Å². The van der Waals surface area contributed by atoms with Crippen LogP contribution in [-0.2, 0) is 14.3 Å². The maximum absolute atomic E-state index is 12.3. The van der Waals surface area contributed by atoms with Crippen molar-refractivity contribution < 1.29 is 14.3 Å². The van der Waals surface area contributed by atoms with E-state index >= 15 is 0 Å². The molecule has 1 saturated heterocycles. The first-order chi connectivity index (χ1) is 11.8. The van der Waals surface area contributed by atoms with E-state index in [4.69, 9.17) is 4.74 Å². The molecular formula is C20H26N2O3. The molecule has 1 fully saturated rings. The van der Waals surface area contributed by atoms with E-state index in [1.807, 2.05) is 13.8 Å². The van der Waals surface area contributed by atoms with Gasteiger partial charge in [0.15, 0.2) is 11.5 Å². The predicted molar refractivity (Wildman–Crippen MR) is 97.4 cm³/mol. The van der Waals surface area contributed by atoms with Crippen LogP contribution >= 0.6 is 0 Å². The summed E-state index contributed by atoms with van der Waals surface area (Å²) in [7, 11) is 0. The first kappa shape index (κ1) is 17.5. The normalized spacial score (nSPS) is 22.4. The quantitative estimate of drug-likeness (QED) is 0.914. The van der Waals surface area contributed by atoms with Crippen LogP contribution in [0.15, 0.2) is 36.1 Å². The molecule has 1 N–H and O–H groups in total. The highest BCUT2D eigenvalue weighted by Crippen LogP contribution is 2.26. The standard InChI is InChI=1S/C20H26N2O3/c1-14-4-6-16(7-5-14)22-9-8-15(13-22)12-21-19(24)18-10-17(23)11-20(2,3)25-18/h4-7,10,15H,8-9,11-13H2,1-3H3,(H,21,24)/t15-/m1/s1. The number of rotatable bonds is 4. The molecule has 1 aromatic carbocycles. The second kappa shape index (κ2) is 6.90. The molecule has 5 heteroatoms. The molecule has 2 aliphatic rings. The fraction of sp³-hybridized carbons (Fsp3) is 0.500. The van der Waals surface area contributed by atoms with Gasteiger partial charge >= 0.3 is 0 Å². The Labute approximate surface area is 149 Å². The van der Waals surface area contributed by atoms with E-state index in [1.54, 1.807) is 0 Å². The van der Waals surface area contributed by atoms with Gasteiger partial charge < -0.3 is 15.0 Å². The summed E-state index contributed by atoms with van der Waals surface area (Å²) in [5.74, 6) is 0.176. The number of ketones is 1. The van der Waals surface area contributed by atoms with Crippen LogP contribution in [0, 0.1) is 12.8 Å². The monoisotopic (exact) mass is 342 g/mol. The minimum Gasteiger partial charge on any atom is -0.482 e. The van der Waals surface area contributed by atoms with Gasteiger partial charge in [0, 0.05) is 37.8 Å². The molecule has 0 spiro atoms. The molecule has 0 saturated carbocycles. The van der Waals surface area contributed by atoms with Crippen molar-refractivity contribution in [3.8, 4) is 0 Å². The average molecular weight is 342 g/mol. The first-order valence-electron chi connectivity index (χ1n) is 8.86. The van der Waals surface area contributed by atoms with Crippen molar-refractivity contribution in [2.75, 3.05) is 24.5 Å². The Morgan fingerprint density at radius 1 is 1.32 bits per heavy atom. The van der Waals surface area contributed by atoms with Crippen molar-refractivity contribution in [2.45, 2.75) is 39.2 Å². The Morgan fingerprint density at radius 3 is 2.72 bits per heavy atom. The van der Waals surface area contributed by atoms with Gasteiger partial charge in [0.1, 0.15) is 5.60 Å². The molecule has 0 unspecified atom stereocenters. The summed E-state index contributed by atoms with van der Waals surface area (Å²) in [6.45, 7) is 8.24. The molecule has 0 radical (unpaired) electrons. The number of ether oxygens (including phenoxy) is 1. The van der Waals surface area contributed by atoms with Crippen molar-refractivity contribution in [1.29, 1.82) is 0 Å². The van der Waals surface area contributed by atoms with Crippen molar-refractivity contribution in [3.05, 3.63) is 41.7 Å². The molecule has 0 aliphatic carbocycles. The van der Waals surface area contributed by atoms with Gasteiger partial charge in [-0.2, -0.15) is 0 Å². The number of carbonyl (C=O) groups is 2. The average Bonchev–Trinajstić information content (AvgIpc) is 3.00. The molecule has 5 nitrogen and oxygen atoms in total. The summed E-state index contributed by atoms with van der Waals surface area (Å²) in [5, 5.41) is 2.92. The number of hydrogen-bond donors (Lipinski definition) is 1. The van der Waals surface area contributed by atoms with Crippen LogP contribution in [0.3, 0.4) is 0 Å². The second-order valence-electron chi connectivity index (χ2n) is 7.66. The minimum atomic E-state index is -0.617. The van der Waals surface area contributed by atoms with E-state index < -0.39 is 5.60 Å². The van der Waals surface area contributed by atoms with Gasteiger partial charge in [0.05, 0.1) is 0 Å². The van der Waals surface area contributed by atoms with Crippen molar-refractivity contribution in [2.24, 2.45) is 5.92 Å². The summed E-state index contributed by atoms with van der Waals surface area (Å²) < 4.78 is 5.64. The van der Waals surface area contributed by atoms with Crippen LogP contribution in [0.4, 0.5) is 5.69 Å². The maximum atomic E-state index is 12.3. The summed E-state index contributed by atoms with van der Waals surface area (Å²) in [6, 6.07) is 8.53. The Kier molecular flexibility index (Phi) is 4.84. The zero-order chi connectivity index (χ0) is 18.0. The van der Waals surface area contributed by atoms with Crippen molar-refractivity contribution in [1.82, 2.24) is 5.32 Å². The lowest BCUT2D eigenvalue weighted by Crippen LogP contribution is -2.38. The van der Waals surface area contributed by atoms with Gasteiger partial charge in [-0.05, 0) is 45.2 Å². The fourth-order valence-electron chi connectivity index (χ4n) is 3.41. The molecule has 1 atom stereocenters. The van der Waals surface area contributed by atoms with E-state index in [0.717, 1.165) is 19.5 Å². The third-order valence-electron chi connectivity index (χ3n) is 4.74. The van der Waals surface area contributed by atoms with Crippen LogP contribution in [0.25, 0.3) is 0 Å². The predicted octanol–water partition coefficient (Wildman–Crippen LogP) is 2.59. The van der Waals surface area contributed by atoms with Crippen LogP contribution in [0.2, 0.25) is 0 Å². The Balaban J connectivity index is 1.52. The van der Waals surface area contributed by atoms with Gasteiger partial charge in [0.25, 0.3) is 5.91 Å². The van der Waals surface area contributed by atoms with Gasteiger partial charge in [0.2, 0.25) is 0 Å². The second-order valence-corrected chi connectivity index (χ2v) is 7.66. The summed E-state index contributed by atoms with van der Waals surface area (Å²) in [6.07, 6.45) is 2.66. The fourth-order valence-corrected chi connectivity index (χ4v) is 3.41. The number of allylic oxidation sites excluding steroid dienone is 1. The number of anilines is 1. The van der Waals surface area contributed by atoms with E-state index in [0.29, 0.717) is 18.9 Å². The van der Waals surface area contributed by atoms with Crippen molar-refractivity contribution >= 4 is 17.4 Å². The van der Waals surface area contributed by atoms with Crippen LogP contribution in [-0.4, -0.2) is 36.9 Å². The zero-order valence-corrected chi connectivity index (χ0v) is 15.2. The molecule has 1 aromatic rings. The van der Waals surface area contributed by atoms with Gasteiger partial charge in [-0.1, -0.05) is 17.7 Å². The number of hydrogen-bond acceptors (Lipinski definition) is 4. The van der Waals surface area contributed by atoms with Gasteiger partial charge in [-0.3, -0.25) is 9.59 Å². The third-order valence-corrected chi connectivity index (χ3v) is 4.74. The number of nitrogens with zero attached hydrogens (tertiary/aromatic N) is 1. The molecule has 25 heavy (non-hydrogen) atoms. The SMILES string of the molecule is Cc1ccc(N2CC[C@H](CNC(=O)C3=CC(=O)CC(C)(C)O3)C2)cc1. The third kappa shape index (κ3) is 4.41. The van der Waals surface area contributed by atoms with E-state index in [9.17, 15) is 9.59 Å². The molecular weight excluding hydrogens is 316 g/mol. The molecule has 2 aliphatic heterocycles. The number of benzene rings is 1. The maximum Gasteiger partial charge on any atom is 0.286 e. The van der Waals surface area contributed by atoms with E-state index in [2.05, 4.69) is 41.4 Å².